The van der Waals surface area contributed by atoms with Gasteiger partial charge < -0.3 is 10.6 Å². The van der Waals surface area contributed by atoms with E-state index in [4.69, 9.17) is 0 Å². The van der Waals surface area contributed by atoms with Crippen LogP contribution in [0.15, 0.2) is 66.2 Å². The lowest BCUT2D eigenvalue weighted by Crippen LogP contribution is -2.31. The van der Waals surface area contributed by atoms with Crippen LogP contribution in [0, 0.1) is 18.8 Å². The molecule has 0 bridgehead atoms. The molecule has 38 heavy (non-hydrogen) atoms. The average molecular weight is 515 g/mol. The molecular weight excluding hydrogens is 476 g/mol. The van der Waals surface area contributed by atoms with E-state index in [0.29, 0.717) is 35.1 Å². The summed E-state index contributed by atoms with van der Waals surface area (Å²) in [4.78, 5) is 32.6. The summed E-state index contributed by atoms with van der Waals surface area (Å²) in [6, 6.07) is 1.77. The molecule has 2 aliphatic rings. The number of carbonyl (C=O) groups excluding carboxylic acids is 2. The molecule has 8 heteroatoms. The molecule has 4 rings (SSSR count). The molecule has 2 atom stereocenters. The zero-order chi connectivity index (χ0) is 27.4. The molecule has 0 radical (unpaired) electrons. The topological polar surface area (TPSA) is 92.2 Å². The van der Waals surface area contributed by atoms with E-state index in [1.165, 1.54) is 0 Å². The number of likely N-dealkylation sites (tertiary alicyclic amines) is 1. The van der Waals surface area contributed by atoms with Crippen LogP contribution in [-0.4, -0.2) is 51.1 Å². The van der Waals surface area contributed by atoms with Crippen LogP contribution in [0.25, 0.3) is 5.57 Å². The highest BCUT2D eigenvalue weighted by Gasteiger charge is 2.24. The third kappa shape index (κ3) is 6.55. The smallest absolute Gasteiger partial charge is 0.251 e. The Morgan fingerprint density at radius 2 is 2.03 bits per heavy atom. The highest BCUT2D eigenvalue weighted by molar-refractivity contribution is 6.05. The first kappa shape index (κ1) is 27.3. The van der Waals surface area contributed by atoms with Crippen molar-refractivity contribution in [2.45, 2.75) is 40.5 Å². The standard InChI is InChI=1S/C30H38N6O2/c1-7-23-11-21(4)27(12-24(23)10-20(3)25-14-32-35(6)17-25)30(38)34-28-13-26(15-31-22(28)5)33-29(37)18-36-9-8-19(2)16-36/h7,10,12-15,17,19,21H,1,8-9,11,16,18H2,2-6H3,(H,33,37)(H,34,38)/b20-10+/t19-,21?/m1/s1. The fourth-order valence-electron chi connectivity index (χ4n) is 5.02. The molecule has 8 nitrogen and oxygen atoms in total. The van der Waals surface area contributed by atoms with Crippen LogP contribution < -0.4 is 10.6 Å². The molecule has 3 heterocycles. The molecule has 1 aliphatic heterocycles. The predicted octanol–water partition coefficient (Wildman–Crippen LogP) is 4.89. The molecule has 1 unspecified atom stereocenters. The minimum Gasteiger partial charge on any atom is -0.324 e. The van der Waals surface area contributed by atoms with Gasteiger partial charge in [0, 0.05) is 30.9 Å². The number of pyridine rings is 1. The molecule has 2 aromatic rings. The summed E-state index contributed by atoms with van der Waals surface area (Å²) in [6.07, 6.45) is 13.2. The first-order valence-corrected chi connectivity index (χ1v) is 13.2. The summed E-state index contributed by atoms with van der Waals surface area (Å²) >= 11 is 0. The highest BCUT2D eigenvalue weighted by Crippen LogP contribution is 2.33. The lowest BCUT2D eigenvalue weighted by molar-refractivity contribution is -0.117. The Hall–Kier alpha value is -3.78. The van der Waals surface area contributed by atoms with Gasteiger partial charge in [0.15, 0.2) is 0 Å². The second-order valence-corrected chi connectivity index (χ2v) is 10.6. The van der Waals surface area contributed by atoms with E-state index in [-0.39, 0.29) is 17.7 Å². The van der Waals surface area contributed by atoms with Gasteiger partial charge in [0.2, 0.25) is 5.91 Å². The van der Waals surface area contributed by atoms with E-state index < -0.39 is 0 Å². The molecule has 1 fully saturated rings. The predicted molar refractivity (Wildman–Crippen MR) is 152 cm³/mol. The maximum absolute atomic E-state index is 13.4. The van der Waals surface area contributed by atoms with Gasteiger partial charge in [-0.2, -0.15) is 5.10 Å². The number of rotatable bonds is 8. The maximum atomic E-state index is 13.4. The van der Waals surface area contributed by atoms with Crippen LogP contribution in [0.1, 0.15) is 44.9 Å². The summed E-state index contributed by atoms with van der Waals surface area (Å²) in [7, 11) is 1.89. The van der Waals surface area contributed by atoms with Gasteiger partial charge in [0.1, 0.15) is 0 Å². The van der Waals surface area contributed by atoms with Crippen molar-refractivity contribution < 1.29 is 9.59 Å². The average Bonchev–Trinajstić information content (AvgIpc) is 3.49. The van der Waals surface area contributed by atoms with Gasteiger partial charge in [0.25, 0.3) is 5.91 Å². The van der Waals surface area contributed by atoms with Crippen molar-refractivity contribution in [3.05, 3.63) is 77.4 Å². The number of amides is 2. The van der Waals surface area contributed by atoms with E-state index in [1.807, 2.05) is 52.4 Å². The first-order chi connectivity index (χ1) is 18.1. The van der Waals surface area contributed by atoms with Crippen molar-refractivity contribution in [3.8, 4) is 0 Å². The molecule has 0 aromatic carbocycles. The van der Waals surface area contributed by atoms with Crippen molar-refractivity contribution in [3.63, 3.8) is 0 Å². The molecule has 200 valence electrons. The van der Waals surface area contributed by atoms with Crippen LogP contribution >= 0.6 is 0 Å². The number of aryl methyl sites for hydroxylation is 2. The summed E-state index contributed by atoms with van der Waals surface area (Å²) < 4.78 is 1.77. The lowest BCUT2D eigenvalue weighted by atomic mass is 9.83. The third-order valence-electron chi connectivity index (χ3n) is 7.27. The molecule has 0 spiro atoms. The summed E-state index contributed by atoms with van der Waals surface area (Å²) in [5.74, 6) is 0.394. The molecule has 1 saturated heterocycles. The molecule has 2 amide bonds. The molecular formula is C30H38N6O2. The monoisotopic (exact) mass is 514 g/mol. The maximum Gasteiger partial charge on any atom is 0.251 e. The van der Waals surface area contributed by atoms with Crippen LogP contribution in [0.4, 0.5) is 11.4 Å². The Kier molecular flexibility index (Phi) is 8.42. The molecule has 0 saturated carbocycles. The number of carbonyl (C=O) groups is 2. The van der Waals surface area contributed by atoms with E-state index in [9.17, 15) is 9.59 Å². The molecule has 2 aromatic heterocycles. The Labute approximate surface area is 225 Å². The van der Waals surface area contributed by atoms with Crippen molar-refractivity contribution in [2.75, 3.05) is 30.3 Å². The molecule has 2 N–H and O–H groups in total. The fourth-order valence-corrected chi connectivity index (χ4v) is 5.02. The second kappa shape index (κ2) is 11.7. The van der Waals surface area contributed by atoms with Gasteiger partial charge in [-0.25, -0.2) is 0 Å². The fraction of sp³-hybridized carbons (Fsp3) is 0.400. The van der Waals surface area contributed by atoms with E-state index >= 15 is 0 Å². The van der Waals surface area contributed by atoms with Gasteiger partial charge in [-0.1, -0.05) is 32.6 Å². The first-order valence-electron chi connectivity index (χ1n) is 13.2. The number of aromatic nitrogens is 3. The van der Waals surface area contributed by atoms with Crippen molar-refractivity contribution in [1.29, 1.82) is 0 Å². The third-order valence-corrected chi connectivity index (χ3v) is 7.27. The van der Waals surface area contributed by atoms with Gasteiger partial charge in [0.05, 0.1) is 36.0 Å². The highest BCUT2D eigenvalue weighted by atomic mass is 16.2. The lowest BCUT2D eigenvalue weighted by Gasteiger charge is -2.23. The van der Waals surface area contributed by atoms with Crippen molar-refractivity contribution in [1.82, 2.24) is 19.7 Å². The van der Waals surface area contributed by atoms with Crippen LogP contribution in [0.5, 0.6) is 0 Å². The zero-order valence-corrected chi connectivity index (χ0v) is 23.0. The number of anilines is 2. The second-order valence-electron chi connectivity index (χ2n) is 10.6. The van der Waals surface area contributed by atoms with Crippen molar-refractivity contribution in [2.24, 2.45) is 18.9 Å². The van der Waals surface area contributed by atoms with Crippen LogP contribution in [0.3, 0.4) is 0 Å². The van der Waals surface area contributed by atoms with Gasteiger partial charge in [-0.15, -0.1) is 0 Å². The van der Waals surface area contributed by atoms with Gasteiger partial charge in [-0.05, 0) is 73.9 Å². The summed E-state index contributed by atoms with van der Waals surface area (Å²) in [5.41, 5.74) is 6.69. The number of nitrogens with zero attached hydrogens (tertiary/aromatic N) is 4. The molecule has 1 aliphatic carbocycles. The number of hydrogen-bond donors (Lipinski definition) is 2. The summed E-state index contributed by atoms with van der Waals surface area (Å²) in [6.45, 7) is 14.4. The minimum absolute atomic E-state index is 0.0258. The number of allylic oxidation sites excluding steroid dienone is 6. The Morgan fingerprint density at radius 1 is 1.24 bits per heavy atom. The van der Waals surface area contributed by atoms with Crippen LogP contribution in [0.2, 0.25) is 0 Å². The largest absolute Gasteiger partial charge is 0.324 e. The number of hydrogen-bond acceptors (Lipinski definition) is 5. The zero-order valence-electron chi connectivity index (χ0n) is 23.0. The van der Waals surface area contributed by atoms with Gasteiger partial charge in [-0.3, -0.25) is 24.2 Å². The minimum atomic E-state index is -0.176. The van der Waals surface area contributed by atoms with Gasteiger partial charge >= 0.3 is 0 Å². The normalized spacial score (nSPS) is 20.3. The quantitative estimate of drug-likeness (QED) is 0.523. The Balaban J connectivity index is 1.50. The van der Waals surface area contributed by atoms with Crippen LogP contribution in [-0.2, 0) is 16.6 Å². The van der Waals surface area contributed by atoms with E-state index in [2.05, 4.69) is 45.2 Å². The Bertz CT molecular complexity index is 1330. The SMILES string of the molecule is C=CC1=C(/C=C(\C)c2cnn(C)c2)C=C(C(=O)Nc2cc(NC(=O)CN3CC[C@@H](C)C3)cnc2C)C(C)C1. The van der Waals surface area contributed by atoms with E-state index in [1.54, 1.807) is 16.9 Å². The summed E-state index contributed by atoms with van der Waals surface area (Å²) in [5, 5.41) is 10.2. The number of nitrogens with one attached hydrogen (secondary N) is 2. The Morgan fingerprint density at radius 3 is 2.68 bits per heavy atom. The van der Waals surface area contributed by atoms with E-state index in [0.717, 1.165) is 48.2 Å². The van der Waals surface area contributed by atoms with Crippen molar-refractivity contribution >= 4 is 28.8 Å².